The number of nitrogens with one attached hydrogen (secondary N) is 1. The summed E-state index contributed by atoms with van der Waals surface area (Å²) >= 11 is 0. The molecule has 0 bridgehead atoms. The van der Waals surface area contributed by atoms with Crippen molar-refractivity contribution < 1.29 is 19.2 Å². The van der Waals surface area contributed by atoms with E-state index in [1.807, 2.05) is 0 Å². The Morgan fingerprint density at radius 1 is 1.33 bits per heavy atom. The third kappa shape index (κ3) is 2.57. The van der Waals surface area contributed by atoms with Crippen LogP contribution in [0.1, 0.15) is 20.7 Å². The summed E-state index contributed by atoms with van der Waals surface area (Å²) in [6, 6.07) is 7.89. The zero-order valence-corrected chi connectivity index (χ0v) is 11.0. The van der Waals surface area contributed by atoms with Crippen LogP contribution in [0.2, 0.25) is 0 Å². The zero-order valence-electron chi connectivity index (χ0n) is 11.0. The smallest absolute Gasteiger partial charge is 0.285 e. The summed E-state index contributed by atoms with van der Waals surface area (Å²) in [7, 11) is 1.19. The second-order valence-electron chi connectivity index (χ2n) is 3.98. The van der Waals surface area contributed by atoms with Gasteiger partial charge in [0.2, 0.25) is 5.71 Å². The molecule has 21 heavy (non-hydrogen) atoms. The average molecular weight is 286 g/mol. The maximum atomic E-state index is 12.0. The lowest BCUT2D eigenvalue weighted by molar-refractivity contribution is -0.115. The van der Waals surface area contributed by atoms with Crippen LogP contribution < -0.4 is 5.32 Å². The van der Waals surface area contributed by atoms with E-state index in [0.29, 0.717) is 0 Å². The molecule has 8 nitrogen and oxygen atoms in total. The second kappa shape index (κ2) is 5.83. The molecule has 1 aromatic rings. The van der Waals surface area contributed by atoms with Gasteiger partial charge in [-0.05, 0) is 12.1 Å². The summed E-state index contributed by atoms with van der Waals surface area (Å²) in [5.41, 5.74) is 0.0553. The first-order valence-electron chi connectivity index (χ1n) is 5.84. The number of hydrogen-bond donors (Lipinski definition) is 1. The van der Waals surface area contributed by atoms with Crippen molar-refractivity contribution in [2.75, 3.05) is 13.8 Å². The van der Waals surface area contributed by atoms with Crippen LogP contribution in [0.25, 0.3) is 0 Å². The van der Waals surface area contributed by atoms with E-state index in [-0.39, 0.29) is 17.8 Å². The Balaban J connectivity index is 2.08. The minimum Gasteiger partial charge on any atom is -0.398 e. The Morgan fingerprint density at radius 2 is 1.90 bits per heavy atom. The third-order valence-electron chi connectivity index (χ3n) is 2.78. The number of benzene rings is 1. The molecule has 0 aliphatic carbocycles. The highest BCUT2D eigenvalue weighted by Gasteiger charge is 2.35. The molecule has 1 N–H and O–H groups in total. The number of amides is 3. The number of carbonyl (C=O) groups excluding carboxylic acids is 3. The van der Waals surface area contributed by atoms with Crippen LogP contribution in [0.4, 0.5) is 0 Å². The summed E-state index contributed by atoms with van der Waals surface area (Å²) in [6.45, 7) is -0.352. The van der Waals surface area contributed by atoms with E-state index in [4.69, 9.17) is 5.26 Å². The summed E-state index contributed by atoms with van der Waals surface area (Å²) in [4.78, 5) is 40.9. The number of hydrogen-bond acceptors (Lipinski definition) is 6. The number of oxime groups is 1. The fourth-order valence-electron chi connectivity index (χ4n) is 1.82. The van der Waals surface area contributed by atoms with E-state index in [9.17, 15) is 14.4 Å². The molecule has 1 aliphatic rings. The van der Waals surface area contributed by atoms with Crippen LogP contribution in [0, 0.1) is 11.3 Å². The predicted octanol–water partition coefficient (Wildman–Crippen LogP) is -0.118. The lowest BCUT2D eigenvalue weighted by atomic mass is 10.1. The summed E-state index contributed by atoms with van der Waals surface area (Å²) in [5, 5.41) is 14.2. The molecule has 1 heterocycles. The van der Waals surface area contributed by atoms with Crippen LogP contribution in [0.15, 0.2) is 29.4 Å². The summed E-state index contributed by atoms with van der Waals surface area (Å²) in [5.74, 6) is -1.84. The molecule has 0 spiro atoms. The van der Waals surface area contributed by atoms with Crippen LogP contribution in [-0.2, 0) is 9.63 Å². The minimum atomic E-state index is -0.837. The van der Waals surface area contributed by atoms with Crippen molar-refractivity contribution in [2.45, 2.75) is 0 Å². The maximum Gasteiger partial charge on any atom is 0.285 e. The zero-order chi connectivity index (χ0) is 15.4. The fourth-order valence-corrected chi connectivity index (χ4v) is 1.82. The summed E-state index contributed by atoms with van der Waals surface area (Å²) in [6.07, 6.45) is 0. The number of carbonyl (C=O) groups is 3. The molecule has 106 valence electrons. The monoisotopic (exact) mass is 286 g/mol. The number of fused-ring (bicyclic) bond motifs is 1. The molecule has 0 aromatic heterocycles. The molecular formula is C13H10N4O4. The quantitative estimate of drug-likeness (QED) is 0.471. The van der Waals surface area contributed by atoms with E-state index < -0.39 is 23.4 Å². The van der Waals surface area contributed by atoms with E-state index >= 15 is 0 Å². The fraction of sp³-hybridized carbons (Fsp3) is 0.154. The van der Waals surface area contributed by atoms with Gasteiger partial charge < -0.3 is 10.2 Å². The molecule has 0 unspecified atom stereocenters. The van der Waals surface area contributed by atoms with Gasteiger partial charge in [0.15, 0.2) is 0 Å². The molecule has 0 radical (unpaired) electrons. The molecule has 0 saturated carbocycles. The van der Waals surface area contributed by atoms with Gasteiger partial charge >= 0.3 is 0 Å². The average Bonchev–Trinajstić information content (AvgIpc) is 2.75. The second-order valence-corrected chi connectivity index (χ2v) is 3.98. The topological polar surface area (TPSA) is 112 Å². The lowest BCUT2D eigenvalue weighted by Crippen LogP contribution is -2.43. The van der Waals surface area contributed by atoms with Crippen molar-refractivity contribution in [2.24, 2.45) is 5.16 Å². The van der Waals surface area contributed by atoms with Gasteiger partial charge in [-0.15, -0.1) is 0 Å². The Labute approximate surface area is 119 Å². The number of rotatable bonds is 4. The van der Waals surface area contributed by atoms with Gasteiger partial charge in [0.05, 0.1) is 11.1 Å². The van der Waals surface area contributed by atoms with E-state index in [2.05, 4.69) is 15.3 Å². The van der Waals surface area contributed by atoms with Gasteiger partial charge in [-0.2, -0.15) is 5.26 Å². The number of nitrogens with zero attached hydrogens (tertiary/aromatic N) is 3. The van der Waals surface area contributed by atoms with E-state index in [1.54, 1.807) is 18.2 Å². The Morgan fingerprint density at radius 3 is 2.38 bits per heavy atom. The maximum absolute atomic E-state index is 12.0. The molecule has 3 amide bonds. The SMILES string of the molecule is CON=C(C#N)C(=O)NCN1C(=O)c2ccccc2C1=O. The van der Waals surface area contributed by atoms with E-state index in [0.717, 1.165) is 4.90 Å². The lowest BCUT2D eigenvalue weighted by Gasteiger charge is -2.13. The largest absolute Gasteiger partial charge is 0.398 e. The molecule has 8 heteroatoms. The van der Waals surface area contributed by atoms with Gasteiger partial charge in [0, 0.05) is 0 Å². The first kappa shape index (κ1) is 14.2. The van der Waals surface area contributed by atoms with Gasteiger partial charge in [0.25, 0.3) is 17.7 Å². The Kier molecular flexibility index (Phi) is 3.95. The van der Waals surface area contributed by atoms with Gasteiger partial charge in [-0.3, -0.25) is 19.3 Å². The first-order valence-corrected chi connectivity index (χ1v) is 5.84. The summed E-state index contributed by atoms with van der Waals surface area (Å²) < 4.78 is 0. The Bertz CT molecular complexity index is 655. The normalized spacial score (nSPS) is 13.7. The number of nitriles is 1. The van der Waals surface area contributed by atoms with E-state index in [1.165, 1.54) is 19.2 Å². The molecule has 0 fully saturated rings. The highest BCUT2D eigenvalue weighted by Crippen LogP contribution is 2.21. The van der Waals surface area contributed by atoms with Crippen LogP contribution >= 0.6 is 0 Å². The van der Waals surface area contributed by atoms with Crippen molar-refractivity contribution in [3.63, 3.8) is 0 Å². The minimum absolute atomic E-state index is 0.280. The van der Waals surface area contributed by atoms with Crippen molar-refractivity contribution in [1.29, 1.82) is 5.26 Å². The van der Waals surface area contributed by atoms with Crippen LogP contribution in [-0.4, -0.2) is 42.1 Å². The Hall–Kier alpha value is -3.21. The standard InChI is InChI=1S/C13H10N4O4/c1-21-16-10(6-14)11(18)15-7-17-12(19)8-4-2-3-5-9(8)13(17)20/h2-5H,7H2,1H3,(H,15,18). The first-order chi connectivity index (χ1) is 10.1. The molecular weight excluding hydrogens is 276 g/mol. The molecule has 2 rings (SSSR count). The van der Waals surface area contributed by atoms with Gasteiger partial charge in [-0.1, -0.05) is 17.3 Å². The van der Waals surface area contributed by atoms with Crippen molar-refractivity contribution in [1.82, 2.24) is 10.2 Å². The van der Waals surface area contributed by atoms with Gasteiger partial charge in [-0.25, -0.2) is 0 Å². The van der Waals surface area contributed by atoms with Crippen molar-refractivity contribution >= 4 is 23.4 Å². The van der Waals surface area contributed by atoms with Crippen molar-refractivity contribution in [3.05, 3.63) is 35.4 Å². The van der Waals surface area contributed by atoms with Crippen LogP contribution in [0.5, 0.6) is 0 Å². The predicted molar refractivity (Wildman–Crippen MR) is 70.0 cm³/mol. The van der Waals surface area contributed by atoms with Crippen LogP contribution in [0.3, 0.4) is 0 Å². The third-order valence-corrected chi connectivity index (χ3v) is 2.78. The highest BCUT2D eigenvalue weighted by molar-refractivity contribution is 6.45. The van der Waals surface area contributed by atoms with Crippen molar-refractivity contribution in [3.8, 4) is 6.07 Å². The molecule has 0 atom stereocenters. The number of imide groups is 1. The molecule has 0 saturated heterocycles. The van der Waals surface area contributed by atoms with Gasteiger partial charge in [0.1, 0.15) is 19.8 Å². The molecule has 1 aliphatic heterocycles. The molecule has 1 aromatic carbocycles. The highest BCUT2D eigenvalue weighted by atomic mass is 16.6.